The molecule has 0 aliphatic carbocycles. The van der Waals surface area contributed by atoms with Gasteiger partial charge in [0.2, 0.25) is 0 Å². The molecule has 0 aliphatic heterocycles. The molecule has 0 radical (unpaired) electrons. The summed E-state index contributed by atoms with van der Waals surface area (Å²) in [5.41, 5.74) is 2.39. The van der Waals surface area contributed by atoms with Crippen LogP contribution in [0.5, 0.6) is 0 Å². The van der Waals surface area contributed by atoms with E-state index in [2.05, 4.69) is 24.1 Å². The quantitative estimate of drug-likeness (QED) is 0.822. The molecule has 0 atom stereocenters. The smallest absolute Gasteiger partial charge is 0.408 e. The third-order valence-electron chi connectivity index (χ3n) is 3.06. The van der Waals surface area contributed by atoms with E-state index in [1.807, 2.05) is 18.2 Å². The molecule has 2 rings (SSSR count). The molecular weight excluding hydrogens is 228 g/mol. The van der Waals surface area contributed by atoms with Gasteiger partial charge in [0.15, 0.2) is 5.58 Å². The molecular formula is C14H20N2O2. The van der Waals surface area contributed by atoms with Gasteiger partial charge < -0.3 is 9.73 Å². The second kappa shape index (κ2) is 5.76. The van der Waals surface area contributed by atoms with Crippen molar-refractivity contribution in [2.24, 2.45) is 0 Å². The zero-order valence-corrected chi connectivity index (χ0v) is 11.0. The van der Waals surface area contributed by atoms with E-state index >= 15 is 0 Å². The van der Waals surface area contributed by atoms with Gasteiger partial charge in [-0.3, -0.25) is 4.98 Å². The number of benzene rings is 1. The first-order chi connectivity index (χ1) is 8.72. The van der Waals surface area contributed by atoms with Crippen LogP contribution in [-0.4, -0.2) is 11.0 Å². The van der Waals surface area contributed by atoms with Crippen molar-refractivity contribution < 1.29 is 4.42 Å². The maximum atomic E-state index is 11.1. The highest BCUT2D eigenvalue weighted by Gasteiger charge is 2.08. The fourth-order valence-corrected chi connectivity index (χ4v) is 2.26. The van der Waals surface area contributed by atoms with Crippen LogP contribution >= 0.6 is 0 Å². The fraction of sp³-hybridized carbons (Fsp3) is 0.500. The van der Waals surface area contributed by atoms with Crippen molar-refractivity contribution in [1.82, 2.24) is 4.98 Å². The number of nitrogens with one attached hydrogen (secondary N) is 2. The molecule has 0 saturated heterocycles. The van der Waals surface area contributed by atoms with E-state index in [9.17, 15) is 4.79 Å². The van der Waals surface area contributed by atoms with E-state index in [0.717, 1.165) is 24.0 Å². The lowest BCUT2D eigenvalue weighted by atomic mass is 10.1. The SMILES string of the molecule is CCCC(CCC)Nc1ccc2oc(=O)[nH]c2c1. The zero-order valence-electron chi connectivity index (χ0n) is 11.0. The molecule has 1 aromatic carbocycles. The Bertz CT molecular complexity index is 550. The average molecular weight is 248 g/mol. The van der Waals surface area contributed by atoms with E-state index < -0.39 is 5.76 Å². The van der Waals surface area contributed by atoms with Crippen molar-refractivity contribution in [3.63, 3.8) is 0 Å². The lowest BCUT2D eigenvalue weighted by Crippen LogP contribution is -2.18. The van der Waals surface area contributed by atoms with Gasteiger partial charge in [0, 0.05) is 11.7 Å². The van der Waals surface area contributed by atoms with Crippen LogP contribution in [-0.2, 0) is 0 Å². The Hall–Kier alpha value is -1.71. The molecule has 0 fully saturated rings. The van der Waals surface area contributed by atoms with E-state index in [4.69, 9.17) is 4.42 Å². The Morgan fingerprint density at radius 2 is 2.00 bits per heavy atom. The first-order valence-corrected chi connectivity index (χ1v) is 6.62. The van der Waals surface area contributed by atoms with E-state index in [-0.39, 0.29) is 0 Å². The number of oxazole rings is 1. The van der Waals surface area contributed by atoms with Crippen molar-refractivity contribution in [2.75, 3.05) is 5.32 Å². The lowest BCUT2D eigenvalue weighted by molar-refractivity contribution is 0.555. The third-order valence-corrected chi connectivity index (χ3v) is 3.06. The molecule has 0 amide bonds. The summed E-state index contributed by atoms with van der Waals surface area (Å²) in [7, 11) is 0. The Kier molecular flexibility index (Phi) is 4.07. The van der Waals surface area contributed by atoms with Crippen molar-refractivity contribution in [3.8, 4) is 0 Å². The molecule has 18 heavy (non-hydrogen) atoms. The van der Waals surface area contributed by atoms with Crippen LogP contribution < -0.4 is 11.1 Å². The highest BCUT2D eigenvalue weighted by molar-refractivity contribution is 5.76. The molecule has 1 aromatic heterocycles. The first kappa shape index (κ1) is 12.7. The van der Waals surface area contributed by atoms with Crippen LogP contribution in [0, 0.1) is 0 Å². The molecule has 2 N–H and O–H groups in total. The number of hydrogen-bond acceptors (Lipinski definition) is 3. The Balaban J connectivity index is 2.16. The second-order valence-corrected chi connectivity index (χ2v) is 4.64. The Morgan fingerprint density at radius 3 is 2.67 bits per heavy atom. The van der Waals surface area contributed by atoms with Gasteiger partial charge in [-0.2, -0.15) is 0 Å². The summed E-state index contributed by atoms with van der Waals surface area (Å²) >= 11 is 0. The van der Waals surface area contributed by atoms with Crippen LogP contribution in [0.25, 0.3) is 11.1 Å². The highest BCUT2D eigenvalue weighted by Crippen LogP contribution is 2.19. The molecule has 4 heteroatoms. The zero-order chi connectivity index (χ0) is 13.0. The van der Waals surface area contributed by atoms with Gasteiger partial charge in [0.1, 0.15) is 0 Å². The predicted octanol–water partition coefficient (Wildman–Crippen LogP) is 3.50. The second-order valence-electron chi connectivity index (χ2n) is 4.64. The van der Waals surface area contributed by atoms with Gasteiger partial charge in [-0.1, -0.05) is 26.7 Å². The van der Waals surface area contributed by atoms with E-state index in [1.165, 1.54) is 12.8 Å². The van der Waals surface area contributed by atoms with Crippen LogP contribution in [0.4, 0.5) is 5.69 Å². The standard InChI is InChI=1S/C14H20N2O2/c1-3-5-10(6-4-2)15-11-7-8-13-12(9-11)16-14(17)18-13/h7-10,15H,3-6H2,1-2H3,(H,16,17). The fourth-order valence-electron chi connectivity index (χ4n) is 2.26. The highest BCUT2D eigenvalue weighted by atomic mass is 16.4. The summed E-state index contributed by atoms with van der Waals surface area (Å²) in [4.78, 5) is 13.8. The number of aromatic amines is 1. The first-order valence-electron chi connectivity index (χ1n) is 6.62. The molecule has 2 aromatic rings. The summed E-state index contributed by atoms with van der Waals surface area (Å²) in [5.74, 6) is -0.402. The predicted molar refractivity (Wildman–Crippen MR) is 74.1 cm³/mol. The van der Waals surface area contributed by atoms with Gasteiger partial charge in [0.05, 0.1) is 5.52 Å². The molecule has 1 heterocycles. The minimum absolute atomic E-state index is 0.402. The largest absolute Gasteiger partial charge is 0.417 e. The Labute approximate surface area is 106 Å². The van der Waals surface area contributed by atoms with Gasteiger partial charge in [-0.25, -0.2) is 4.79 Å². The van der Waals surface area contributed by atoms with Crippen molar-refractivity contribution in [3.05, 3.63) is 28.7 Å². The summed E-state index contributed by atoms with van der Waals surface area (Å²) in [5, 5.41) is 3.52. The van der Waals surface area contributed by atoms with E-state index in [1.54, 1.807) is 0 Å². The summed E-state index contributed by atoms with van der Waals surface area (Å²) in [6.07, 6.45) is 4.66. The maximum absolute atomic E-state index is 11.1. The number of fused-ring (bicyclic) bond motifs is 1. The topological polar surface area (TPSA) is 58.0 Å². The maximum Gasteiger partial charge on any atom is 0.417 e. The van der Waals surface area contributed by atoms with Crippen molar-refractivity contribution in [1.29, 1.82) is 0 Å². The van der Waals surface area contributed by atoms with Crippen molar-refractivity contribution >= 4 is 16.8 Å². The molecule has 4 nitrogen and oxygen atoms in total. The molecule has 0 aliphatic rings. The number of anilines is 1. The van der Waals surface area contributed by atoms with Crippen LogP contribution in [0.1, 0.15) is 39.5 Å². The van der Waals surface area contributed by atoms with E-state index in [0.29, 0.717) is 11.6 Å². The van der Waals surface area contributed by atoms with Gasteiger partial charge >= 0.3 is 5.76 Å². The Morgan fingerprint density at radius 1 is 1.28 bits per heavy atom. The molecule has 0 spiro atoms. The minimum atomic E-state index is -0.402. The molecule has 0 bridgehead atoms. The van der Waals surface area contributed by atoms with Gasteiger partial charge in [0.25, 0.3) is 0 Å². The summed E-state index contributed by atoms with van der Waals surface area (Å²) < 4.78 is 4.98. The molecule has 0 saturated carbocycles. The average Bonchev–Trinajstić information content (AvgIpc) is 2.69. The van der Waals surface area contributed by atoms with Gasteiger partial charge in [-0.15, -0.1) is 0 Å². The normalized spacial score (nSPS) is 11.3. The molecule has 0 unspecified atom stereocenters. The lowest BCUT2D eigenvalue weighted by Gasteiger charge is -2.18. The number of rotatable bonds is 6. The van der Waals surface area contributed by atoms with Crippen LogP contribution in [0.15, 0.2) is 27.4 Å². The number of H-pyrrole nitrogens is 1. The number of hydrogen-bond donors (Lipinski definition) is 2. The number of aromatic nitrogens is 1. The van der Waals surface area contributed by atoms with Crippen LogP contribution in [0.2, 0.25) is 0 Å². The summed E-state index contributed by atoms with van der Waals surface area (Å²) in [6.45, 7) is 4.39. The third kappa shape index (κ3) is 2.94. The van der Waals surface area contributed by atoms with Gasteiger partial charge in [-0.05, 0) is 31.0 Å². The molecule has 98 valence electrons. The minimum Gasteiger partial charge on any atom is -0.408 e. The van der Waals surface area contributed by atoms with Crippen molar-refractivity contribution in [2.45, 2.75) is 45.6 Å². The summed E-state index contributed by atoms with van der Waals surface area (Å²) in [6, 6.07) is 6.21. The monoisotopic (exact) mass is 248 g/mol. The van der Waals surface area contributed by atoms with Crippen LogP contribution in [0.3, 0.4) is 0 Å².